The number of H-pyrrole nitrogens is 1. The van der Waals surface area contributed by atoms with Gasteiger partial charge in [-0.1, -0.05) is 11.6 Å². The van der Waals surface area contributed by atoms with Crippen LogP contribution in [0.1, 0.15) is 36.7 Å². The Labute approximate surface area is 133 Å². The Bertz CT molecular complexity index is 710. The van der Waals surface area contributed by atoms with Crippen LogP contribution < -0.4 is 11.1 Å². The summed E-state index contributed by atoms with van der Waals surface area (Å²) in [6.45, 7) is 1.78. The van der Waals surface area contributed by atoms with Crippen LogP contribution in [0.3, 0.4) is 0 Å². The fraction of sp³-hybridized carbons (Fsp3) is 0.438. The van der Waals surface area contributed by atoms with Gasteiger partial charge in [0.15, 0.2) is 0 Å². The van der Waals surface area contributed by atoms with Gasteiger partial charge in [0.2, 0.25) is 0 Å². The van der Waals surface area contributed by atoms with E-state index in [1.165, 1.54) is 0 Å². The second kappa shape index (κ2) is 5.57. The van der Waals surface area contributed by atoms with Crippen molar-refractivity contribution in [3.05, 3.63) is 35.0 Å². The SMILES string of the molecule is CC1(O)CCC(NC(=O)c2cc3cc(Cl)ccc3[nH]2)C(N)C1. The zero-order valence-corrected chi connectivity index (χ0v) is 13.2. The number of nitrogens with one attached hydrogen (secondary N) is 2. The van der Waals surface area contributed by atoms with Gasteiger partial charge in [-0.3, -0.25) is 4.79 Å². The summed E-state index contributed by atoms with van der Waals surface area (Å²) in [5.74, 6) is -0.186. The third-order valence-corrected chi connectivity index (χ3v) is 4.57. The topological polar surface area (TPSA) is 91.1 Å². The first-order valence-corrected chi connectivity index (χ1v) is 7.79. The highest BCUT2D eigenvalue weighted by molar-refractivity contribution is 6.31. The largest absolute Gasteiger partial charge is 0.390 e. The maximum Gasteiger partial charge on any atom is 0.268 e. The number of halogens is 1. The van der Waals surface area contributed by atoms with Crippen molar-refractivity contribution in [2.45, 2.75) is 43.9 Å². The number of benzene rings is 1. The number of carbonyl (C=O) groups excluding carboxylic acids is 1. The normalized spacial score (nSPS) is 28.7. The molecule has 1 fully saturated rings. The van der Waals surface area contributed by atoms with Gasteiger partial charge in [-0.05, 0) is 50.5 Å². The predicted molar refractivity (Wildman–Crippen MR) is 87.0 cm³/mol. The maximum atomic E-state index is 12.4. The fourth-order valence-corrected chi connectivity index (χ4v) is 3.26. The van der Waals surface area contributed by atoms with Crippen LogP contribution in [0.5, 0.6) is 0 Å². The number of aromatic amines is 1. The molecule has 3 rings (SSSR count). The number of hydrogen-bond acceptors (Lipinski definition) is 3. The molecule has 6 heteroatoms. The summed E-state index contributed by atoms with van der Waals surface area (Å²) >= 11 is 5.95. The molecule has 1 aromatic heterocycles. The minimum absolute atomic E-state index is 0.122. The molecule has 3 unspecified atom stereocenters. The van der Waals surface area contributed by atoms with Crippen molar-refractivity contribution in [2.24, 2.45) is 5.73 Å². The number of aromatic nitrogens is 1. The zero-order chi connectivity index (χ0) is 15.9. The zero-order valence-electron chi connectivity index (χ0n) is 12.4. The molecule has 5 nitrogen and oxygen atoms in total. The average Bonchev–Trinajstić information content (AvgIpc) is 2.84. The fourth-order valence-electron chi connectivity index (χ4n) is 3.08. The summed E-state index contributed by atoms with van der Waals surface area (Å²) in [7, 11) is 0. The lowest BCUT2D eigenvalue weighted by Crippen LogP contribution is -2.54. The summed E-state index contributed by atoms with van der Waals surface area (Å²) in [4.78, 5) is 15.5. The molecular formula is C16H20ClN3O2. The third kappa shape index (κ3) is 3.11. The lowest BCUT2D eigenvalue weighted by Gasteiger charge is -2.38. The van der Waals surface area contributed by atoms with Crippen LogP contribution in [0.15, 0.2) is 24.3 Å². The summed E-state index contributed by atoms with van der Waals surface area (Å²) in [6.07, 6.45) is 1.79. The van der Waals surface area contributed by atoms with E-state index in [-0.39, 0.29) is 18.0 Å². The van der Waals surface area contributed by atoms with Gasteiger partial charge in [-0.25, -0.2) is 0 Å². The Kier molecular flexibility index (Phi) is 3.89. The van der Waals surface area contributed by atoms with Crippen LogP contribution in [-0.4, -0.2) is 33.7 Å². The van der Waals surface area contributed by atoms with Gasteiger partial charge in [0, 0.05) is 28.0 Å². The van der Waals surface area contributed by atoms with Crippen molar-refractivity contribution in [1.29, 1.82) is 0 Å². The Morgan fingerprint density at radius 3 is 3.00 bits per heavy atom. The van der Waals surface area contributed by atoms with Crippen molar-refractivity contribution < 1.29 is 9.90 Å². The van der Waals surface area contributed by atoms with Crippen molar-refractivity contribution in [1.82, 2.24) is 10.3 Å². The molecule has 0 spiro atoms. The molecule has 1 aliphatic rings. The molecule has 0 aliphatic heterocycles. The molecule has 0 saturated heterocycles. The first-order valence-electron chi connectivity index (χ1n) is 7.41. The van der Waals surface area contributed by atoms with Crippen molar-refractivity contribution in [2.75, 3.05) is 0 Å². The Morgan fingerprint density at radius 2 is 2.27 bits per heavy atom. The second-order valence-electron chi connectivity index (χ2n) is 6.40. The molecule has 5 N–H and O–H groups in total. The van der Waals surface area contributed by atoms with Crippen molar-refractivity contribution in [3.63, 3.8) is 0 Å². The molecule has 118 valence electrons. The molecular weight excluding hydrogens is 302 g/mol. The molecule has 1 saturated carbocycles. The average molecular weight is 322 g/mol. The van der Waals surface area contributed by atoms with Crippen molar-refractivity contribution >= 4 is 28.4 Å². The maximum absolute atomic E-state index is 12.4. The monoisotopic (exact) mass is 321 g/mol. The van der Waals surface area contributed by atoms with Gasteiger partial charge in [-0.15, -0.1) is 0 Å². The molecule has 22 heavy (non-hydrogen) atoms. The quantitative estimate of drug-likeness (QED) is 0.683. The van der Waals surface area contributed by atoms with Crippen LogP contribution in [0.2, 0.25) is 5.02 Å². The second-order valence-corrected chi connectivity index (χ2v) is 6.83. The van der Waals surface area contributed by atoms with E-state index in [0.29, 0.717) is 30.0 Å². The van der Waals surface area contributed by atoms with E-state index in [4.69, 9.17) is 17.3 Å². The molecule has 1 heterocycles. The highest BCUT2D eigenvalue weighted by Gasteiger charge is 2.35. The first-order chi connectivity index (χ1) is 10.3. The minimum Gasteiger partial charge on any atom is -0.390 e. The lowest BCUT2D eigenvalue weighted by molar-refractivity contribution is 0.00617. The van der Waals surface area contributed by atoms with Crippen LogP contribution in [0, 0.1) is 0 Å². The predicted octanol–water partition coefficient (Wildman–Crippen LogP) is 2.18. The van der Waals surface area contributed by atoms with E-state index >= 15 is 0 Å². The summed E-state index contributed by atoms with van der Waals surface area (Å²) in [6, 6.07) is 6.85. The Morgan fingerprint density at radius 1 is 1.50 bits per heavy atom. The van der Waals surface area contributed by atoms with E-state index in [1.54, 1.807) is 19.1 Å². The number of amides is 1. The van der Waals surface area contributed by atoms with Crippen LogP contribution in [0.25, 0.3) is 10.9 Å². The molecule has 1 amide bonds. The molecule has 1 aliphatic carbocycles. The molecule has 1 aromatic carbocycles. The van der Waals surface area contributed by atoms with Crippen LogP contribution >= 0.6 is 11.6 Å². The first kappa shape index (κ1) is 15.3. The Hall–Kier alpha value is -1.56. The van der Waals surface area contributed by atoms with Crippen LogP contribution in [0.4, 0.5) is 0 Å². The molecule has 0 bridgehead atoms. The number of aliphatic hydroxyl groups is 1. The highest BCUT2D eigenvalue weighted by atomic mass is 35.5. The summed E-state index contributed by atoms with van der Waals surface area (Å²) < 4.78 is 0. The smallest absolute Gasteiger partial charge is 0.268 e. The van der Waals surface area contributed by atoms with Gasteiger partial charge in [0.1, 0.15) is 5.69 Å². The number of carbonyl (C=O) groups is 1. The van der Waals surface area contributed by atoms with E-state index in [0.717, 1.165) is 10.9 Å². The molecule has 0 radical (unpaired) electrons. The number of fused-ring (bicyclic) bond motifs is 1. The van der Waals surface area contributed by atoms with Gasteiger partial charge < -0.3 is 21.1 Å². The van der Waals surface area contributed by atoms with Gasteiger partial charge in [0.05, 0.1) is 5.60 Å². The summed E-state index contributed by atoms with van der Waals surface area (Å²) in [5.41, 5.74) is 6.69. The lowest BCUT2D eigenvalue weighted by atomic mass is 9.80. The highest BCUT2D eigenvalue weighted by Crippen LogP contribution is 2.27. The minimum atomic E-state index is -0.738. The number of hydrogen-bond donors (Lipinski definition) is 4. The van der Waals surface area contributed by atoms with Gasteiger partial charge in [0.25, 0.3) is 5.91 Å². The Balaban J connectivity index is 1.73. The summed E-state index contributed by atoms with van der Waals surface area (Å²) in [5, 5.41) is 14.5. The number of rotatable bonds is 2. The van der Waals surface area contributed by atoms with Gasteiger partial charge >= 0.3 is 0 Å². The third-order valence-electron chi connectivity index (χ3n) is 4.33. The number of nitrogens with two attached hydrogens (primary N) is 1. The van der Waals surface area contributed by atoms with Gasteiger partial charge in [-0.2, -0.15) is 0 Å². The van der Waals surface area contributed by atoms with E-state index in [9.17, 15) is 9.90 Å². The van der Waals surface area contributed by atoms with E-state index < -0.39 is 5.60 Å². The van der Waals surface area contributed by atoms with Crippen LogP contribution in [-0.2, 0) is 0 Å². The van der Waals surface area contributed by atoms with E-state index in [2.05, 4.69) is 10.3 Å². The van der Waals surface area contributed by atoms with Crippen molar-refractivity contribution in [3.8, 4) is 0 Å². The van der Waals surface area contributed by atoms with E-state index in [1.807, 2.05) is 12.1 Å². The standard InChI is InChI=1S/C16H20ClN3O2/c1-16(22)5-4-13(11(18)8-16)20-15(21)14-7-9-6-10(17)2-3-12(9)19-14/h2-3,6-7,11,13,19,22H,4-5,8,18H2,1H3,(H,20,21). The molecule has 2 aromatic rings. The molecule has 3 atom stereocenters.